The van der Waals surface area contributed by atoms with Gasteiger partial charge in [-0.3, -0.25) is 14.6 Å². The Bertz CT molecular complexity index is 719. The topological polar surface area (TPSA) is 70.5 Å². The summed E-state index contributed by atoms with van der Waals surface area (Å²) in [6, 6.07) is 8.92. The first-order valence-electron chi connectivity index (χ1n) is 7.10. The zero-order valence-corrected chi connectivity index (χ0v) is 12.8. The largest absolute Gasteiger partial charge is 0.481 e. The summed E-state index contributed by atoms with van der Waals surface area (Å²) in [7, 11) is 0. The molecule has 2 heterocycles. The molecule has 3 rings (SSSR count). The number of amides is 1. The number of carboxylic acid groups (broad SMARTS) is 1. The van der Waals surface area contributed by atoms with Gasteiger partial charge < -0.3 is 10.0 Å². The lowest BCUT2D eigenvalue weighted by molar-refractivity contribution is -0.138. The van der Waals surface area contributed by atoms with Gasteiger partial charge in [0, 0.05) is 35.2 Å². The molecular weight excluding hydrogens is 300 g/mol. The van der Waals surface area contributed by atoms with E-state index in [1.165, 1.54) is 0 Å². The Hall–Kier alpha value is -2.08. The number of fused-ring (bicyclic) bond motifs is 1. The van der Waals surface area contributed by atoms with Crippen LogP contribution in [0, 0.1) is 0 Å². The smallest absolute Gasteiger partial charge is 0.305 e. The van der Waals surface area contributed by atoms with E-state index in [9.17, 15) is 9.59 Å². The van der Waals surface area contributed by atoms with E-state index in [2.05, 4.69) is 4.98 Å². The predicted molar refractivity (Wildman–Crippen MR) is 86.1 cm³/mol. The van der Waals surface area contributed by atoms with Crippen LogP contribution in [0.4, 0.5) is 0 Å². The summed E-state index contributed by atoms with van der Waals surface area (Å²) in [6.07, 6.45) is 1.71. The molecule has 1 aromatic heterocycles. The van der Waals surface area contributed by atoms with E-state index in [-0.39, 0.29) is 18.4 Å². The Morgan fingerprint density at radius 1 is 1.36 bits per heavy atom. The van der Waals surface area contributed by atoms with Crippen LogP contribution in [-0.2, 0) is 4.79 Å². The zero-order chi connectivity index (χ0) is 15.5. The van der Waals surface area contributed by atoms with Gasteiger partial charge in [-0.1, -0.05) is 6.07 Å². The summed E-state index contributed by atoms with van der Waals surface area (Å²) in [4.78, 5) is 29.7. The second-order valence-corrected chi connectivity index (χ2v) is 6.39. The molecule has 0 radical (unpaired) electrons. The van der Waals surface area contributed by atoms with E-state index >= 15 is 0 Å². The van der Waals surface area contributed by atoms with E-state index < -0.39 is 5.97 Å². The molecule has 0 spiro atoms. The van der Waals surface area contributed by atoms with Crippen molar-refractivity contribution in [2.75, 3.05) is 18.1 Å². The van der Waals surface area contributed by atoms with Crippen LogP contribution < -0.4 is 0 Å². The molecule has 1 saturated heterocycles. The highest BCUT2D eigenvalue weighted by molar-refractivity contribution is 7.99. The number of benzene rings is 1. The molecule has 1 unspecified atom stereocenters. The normalized spacial score (nSPS) is 18.4. The number of pyridine rings is 1. The summed E-state index contributed by atoms with van der Waals surface area (Å²) in [5, 5.41) is 9.93. The van der Waals surface area contributed by atoms with E-state index in [0.29, 0.717) is 17.9 Å². The number of carbonyl (C=O) groups is 2. The fourth-order valence-electron chi connectivity index (χ4n) is 2.67. The van der Waals surface area contributed by atoms with Gasteiger partial charge in [-0.15, -0.1) is 0 Å². The standard InChI is InChI=1S/C16H16N2O3S/c19-15(20)9-13-10-22-7-6-18(13)16(21)12-3-4-14-11(8-12)2-1-5-17-14/h1-5,8,13H,6-7,9-10H2,(H,19,20). The monoisotopic (exact) mass is 316 g/mol. The average Bonchev–Trinajstić information content (AvgIpc) is 2.54. The van der Waals surface area contributed by atoms with Crippen molar-refractivity contribution in [1.82, 2.24) is 9.88 Å². The lowest BCUT2D eigenvalue weighted by Crippen LogP contribution is -2.47. The van der Waals surface area contributed by atoms with Gasteiger partial charge in [0.2, 0.25) is 0 Å². The first-order valence-corrected chi connectivity index (χ1v) is 8.26. The molecule has 6 heteroatoms. The van der Waals surface area contributed by atoms with E-state index in [4.69, 9.17) is 5.11 Å². The third-order valence-corrected chi connectivity index (χ3v) is 4.84. The molecular formula is C16H16N2O3S. The van der Waals surface area contributed by atoms with Crippen LogP contribution in [0.25, 0.3) is 10.9 Å². The SMILES string of the molecule is O=C(O)CC1CSCCN1C(=O)c1ccc2ncccc2c1. The summed E-state index contributed by atoms with van der Waals surface area (Å²) in [5.74, 6) is 0.551. The number of rotatable bonds is 3. The first-order chi connectivity index (χ1) is 10.6. The second kappa shape index (κ2) is 6.36. The van der Waals surface area contributed by atoms with Gasteiger partial charge in [0.1, 0.15) is 0 Å². The maximum Gasteiger partial charge on any atom is 0.305 e. The molecule has 1 N–H and O–H groups in total. The number of thioether (sulfide) groups is 1. The average molecular weight is 316 g/mol. The Morgan fingerprint density at radius 2 is 2.23 bits per heavy atom. The number of aliphatic carboxylic acids is 1. The van der Waals surface area contributed by atoms with Crippen molar-refractivity contribution in [1.29, 1.82) is 0 Å². The third-order valence-electron chi connectivity index (χ3n) is 3.75. The van der Waals surface area contributed by atoms with Crippen LogP contribution in [0.15, 0.2) is 36.5 Å². The highest BCUT2D eigenvalue weighted by atomic mass is 32.2. The molecule has 114 valence electrons. The van der Waals surface area contributed by atoms with Crippen LogP contribution in [0.2, 0.25) is 0 Å². The lowest BCUT2D eigenvalue weighted by Gasteiger charge is -2.34. The summed E-state index contributed by atoms with van der Waals surface area (Å²) < 4.78 is 0. The number of aromatic nitrogens is 1. The molecule has 22 heavy (non-hydrogen) atoms. The maximum atomic E-state index is 12.7. The Labute approximate surface area is 132 Å². The van der Waals surface area contributed by atoms with Gasteiger partial charge in [0.25, 0.3) is 5.91 Å². The van der Waals surface area contributed by atoms with Crippen molar-refractivity contribution in [3.05, 3.63) is 42.1 Å². The number of carboxylic acids is 1. The predicted octanol–water partition coefficient (Wildman–Crippen LogP) is 2.27. The molecule has 0 saturated carbocycles. The number of nitrogens with zero attached hydrogens (tertiary/aromatic N) is 2. The van der Waals surface area contributed by atoms with E-state index in [0.717, 1.165) is 16.7 Å². The summed E-state index contributed by atoms with van der Waals surface area (Å²) >= 11 is 1.70. The van der Waals surface area contributed by atoms with E-state index in [1.54, 1.807) is 28.9 Å². The minimum atomic E-state index is -0.868. The minimum absolute atomic E-state index is 0.00607. The molecule has 1 atom stereocenters. The Morgan fingerprint density at radius 3 is 3.05 bits per heavy atom. The fraction of sp³-hybridized carbons (Fsp3) is 0.312. The van der Waals surface area contributed by atoms with Crippen molar-refractivity contribution in [2.45, 2.75) is 12.5 Å². The summed E-state index contributed by atoms with van der Waals surface area (Å²) in [6.45, 7) is 0.590. The molecule has 0 bridgehead atoms. The third kappa shape index (κ3) is 3.06. The molecule has 2 aromatic rings. The van der Waals surface area contributed by atoms with Crippen LogP contribution >= 0.6 is 11.8 Å². The second-order valence-electron chi connectivity index (χ2n) is 5.24. The van der Waals surface area contributed by atoms with Gasteiger partial charge in [-0.2, -0.15) is 11.8 Å². The molecule has 1 aromatic carbocycles. The number of hydrogen-bond donors (Lipinski definition) is 1. The summed E-state index contributed by atoms with van der Waals surface area (Å²) in [5.41, 5.74) is 1.43. The van der Waals surface area contributed by atoms with Crippen LogP contribution in [0.5, 0.6) is 0 Å². The van der Waals surface area contributed by atoms with Gasteiger partial charge in [0.15, 0.2) is 0 Å². The zero-order valence-electron chi connectivity index (χ0n) is 11.9. The van der Waals surface area contributed by atoms with Gasteiger partial charge in [-0.05, 0) is 24.3 Å². The number of carbonyl (C=O) groups excluding carboxylic acids is 1. The van der Waals surface area contributed by atoms with Crippen molar-refractivity contribution >= 4 is 34.5 Å². The Kier molecular flexibility index (Phi) is 4.29. The molecule has 1 aliphatic heterocycles. The van der Waals surface area contributed by atoms with Crippen LogP contribution in [-0.4, -0.2) is 51.0 Å². The van der Waals surface area contributed by atoms with Crippen LogP contribution in [0.3, 0.4) is 0 Å². The van der Waals surface area contributed by atoms with Gasteiger partial charge in [-0.25, -0.2) is 0 Å². The lowest BCUT2D eigenvalue weighted by atomic mass is 10.1. The van der Waals surface area contributed by atoms with Crippen molar-refractivity contribution in [2.24, 2.45) is 0 Å². The minimum Gasteiger partial charge on any atom is -0.481 e. The van der Waals surface area contributed by atoms with Crippen molar-refractivity contribution in [3.63, 3.8) is 0 Å². The highest BCUT2D eigenvalue weighted by Gasteiger charge is 2.29. The first kappa shape index (κ1) is 14.8. The van der Waals surface area contributed by atoms with E-state index in [1.807, 2.05) is 24.3 Å². The molecule has 1 fully saturated rings. The van der Waals surface area contributed by atoms with Gasteiger partial charge in [0.05, 0.1) is 18.0 Å². The van der Waals surface area contributed by atoms with Crippen molar-refractivity contribution in [3.8, 4) is 0 Å². The quantitative estimate of drug-likeness (QED) is 0.940. The molecule has 5 nitrogen and oxygen atoms in total. The molecule has 1 amide bonds. The fourth-order valence-corrected chi connectivity index (χ4v) is 3.73. The van der Waals surface area contributed by atoms with Gasteiger partial charge >= 0.3 is 5.97 Å². The Balaban J connectivity index is 1.87. The maximum absolute atomic E-state index is 12.7. The number of hydrogen-bond acceptors (Lipinski definition) is 4. The highest BCUT2D eigenvalue weighted by Crippen LogP contribution is 2.22. The van der Waals surface area contributed by atoms with Crippen molar-refractivity contribution < 1.29 is 14.7 Å². The van der Waals surface area contributed by atoms with Crippen LogP contribution in [0.1, 0.15) is 16.8 Å². The molecule has 1 aliphatic rings. The molecule has 0 aliphatic carbocycles.